The first-order chi connectivity index (χ1) is 9.13. The fraction of sp³-hybridized carbons (Fsp3) is 0.625. The number of hydrogen-bond donors (Lipinski definition) is 1. The molecule has 0 bridgehead atoms. The lowest BCUT2D eigenvalue weighted by molar-refractivity contribution is 0.417. The van der Waals surface area contributed by atoms with Crippen LogP contribution in [0.5, 0.6) is 0 Å². The Morgan fingerprint density at radius 3 is 2.47 bits per heavy atom. The molecule has 0 aliphatic heterocycles. The summed E-state index contributed by atoms with van der Waals surface area (Å²) in [6, 6.07) is 11.5. The van der Waals surface area contributed by atoms with Crippen LogP contribution < -0.4 is 5.32 Å². The Kier molecular flexibility index (Phi) is 7.99. The summed E-state index contributed by atoms with van der Waals surface area (Å²) in [5, 5.41) is 3.69. The molecule has 108 valence electrons. The normalized spacial score (nSPS) is 15.9. The summed E-state index contributed by atoms with van der Waals surface area (Å²) >= 11 is 0. The van der Waals surface area contributed by atoms with Gasteiger partial charge in [-0.1, -0.05) is 50.1 Å². The van der Waals surface area contributed by atoms with Gasteiger partial charge in [0.05, 0.1) is 0 Å². The van der Waals surface area contributed by atoms with Crippen molar-refractivity contribution in [1.29, 1.82) is 0 Å². The first-order valence-corrected chi connectivity index (χ1v) is 8.97. The van der Waals surface area contributed by atoms with Crippen molar-refractivity contribution < 1.29 is 4.21 Å². The Balaban J connectivity index is 2.56. The van der Waals surface area contributed by atoms with Crippen molar-refractivity contribution in [3.63, 3.8) is 0 Å². The van der Waals surface area contributed by atoms with E-state index in [1.165, 1.54) is 24.8 Å². The van der Waals surface area contributed by atoms with Crippen molar-refractivity contribution in [2.24, 2.45) is 0 Å². The van der Waals surface area contributed by atoms with Gasteiger partial charge in [-0.05, 0) is 25.3 Å². The third-order valence-electron chi connectivity index (χ3n) is 3.37. The maximum absolute atomic E-state index is 11.2. The molecule has 1 aromatic carbocycles. The van der Waals surface area contributed by atoms with Crippen LogP contribution in [0.3, 0.4) is 0 Å². The van der Waals surface area contributed by atoms with Gasteiger partial charge in [-0.15, -0.1) is 0 Å². The first-order valence-electron chi connectivity index (χ1n) is 7.24. The quantitative estimate of drug-likeness (QED) is 0.748. The maximum Gasteiger partial charge on any atom is 0.0322 e. The van der Waals surface area contributed by atoms with E-state index in [0.29, 0.717) is 12.1 Å². The summed E-state index contributed by atoms with van der Waals surface area (Å²) in [5.41, 5.74) is 1.36. The second-order valence-corrected chi connectivity index (χ2v) is 6.79. The van der Waals surface area contributed by atoms with Crippen LogP contribution in [0.2, 0.25) is 0 Å². The molecule has 0 aliphatic carbocycles. The van der Waals surface area contributed by atoms with Gasteiger partial charge in [-0.2, -0.15) is 0 Å². The van der Waals surface area contributed by atoms with Gasteiger partial charge >= 0.3 is 0 Å². The van der Waals surface area contributed by atoms with Gasteiger partial charge in [0.1, 0.15) is 0 Å². The highest BCUT2D eigenvalue weighted by Gasteiger charge is 2.13. The molecule has 0 saturated carbocycles. The highest BCUT2D eigenvalue weighted by atomic mass is 32.2. The van der Waals surface area contributed by atoms with E-state index in [1.807, 2.05) is 0 Å². The smallest absolute Gasteiger partial charge is 0.0322 e. The van der Waals surface area contributed by atoms with Gasteiger partial charge in [0, 0.05) is 34.9 Å². The monoisotopic (exact) mass is 281 g/mol. The fourth-order valence-electron chi connectivity index (χ4n) is 2.21. The highest BCUT2D eigenvalue weighted by Crippen LogP contribution is 2.20. The van der Waals surface area contributed by atoms with E-state index in [2.05, 4.69) is 49.5 Å². The molecule has 19 heavy (non-hydrogen) atoms. The molecule has 0 aromatic heterocycles. The summed E-state index contributed by atoms with van der Waals surface area (Å²) in [7, 11) is -0.691. The number of rotatable bonds is 9. The standard InChI is InChI=1S/C16H27NOS/c1-4-5-11-16(15-9-7-6-8-10-15)17-14(2)12-13-19(3)18/h6-10,14,16-17H,4-5,11-13H2,1-3H3. The van der Waals surface area contributed by atoms with Crippen LogP contribution in [-0.4, -0.2) is 22.3 Å². The van der Waals surface area contributed by atoms with E-state index in [0.717, 1.165) is 12.2 Å². The Labute approximate surface area is 120 Å². The molecule has 0 spiro atoms. The molecular formula is C16H27NOS. The average Bonchev–Trinajstić information content (AvgIpc) is 2.42. The van der Waals surface area contributed by atoms with Gasteiger partial charge in [0.15, 0.2) is 0 Å². The highest BCUT2D eigenvalue weighted by molar-refractivity contribution is 7.84. The largest absolute Gasteiger partial charge is 0.307 e. The SMILES string of the molecule is CCCCC(NC(C)CCS(C)=O)c1ccccc1. The van der Waals surface area contributed by atoms with Crippen LogP contribution in [-0.2, 0) is 10.8 Å². The molecule has 0 radical (unpaired) electrons. The van der Waals surface area contributed by atoms with E-state index < -0.39 is 10.8 Å². The molecule has 0 heterocycles. The molecule has 3 atom stereocenters. The fourth-order valence-corrected chi connectivity index (χ4v) is 2.89. The molecule has 0 fully saturated rings. The summed E-state index contributed by atoms with van der Waals surface area (Å²) in [6.45, 7) is 4.42. The van der Waals surface area contributed by atoms with Crippen molar-refractivity contribution >= 4 is 10.8 Å². The Bertz CT molecular complexity index is 366. The second kappa shape index (κ2) is 9.27. The number of unbranched alkanes of at least 4 members (excludes halogenated alkanes) is 1. The molecule has 3 heteroatoms. The lowest BCUT2D eigenvalue weighted by atomic mass is 10.00. The average molecular weight is 281 g/mol. The van der Waals surface area contributed by atoms with Crippen molar-refractivity contribution in [3.8, 4) is 0 Å². The lowest BCUT2D eigenvalue weighted by Gasteiger charge is -2.23. The summed E-state index contributed by atoms with van der Waals surface area (Å²) < 4.78 is 11.2. The molecule has 1 aromatic rings. The van der Waals surface area contributed by atoms with Crippen LogP contribution in [0.25, 0.3) is 0 Å². The molecule has 3 unspecified atom stereocenters. The van der Waals surface area contributed by atoms with Crippen LogP contribution in [0.15, 0.2) is 30.3 Å². The van der Waals surface area contributed by atoms with Crippen LogP contribution >= 0.6 is 0 Å². The Morgan fingerprint density at radius 1 is 1.21 bits per heavy atom. The van der Waals surface area contributed by atoms with E-state index in [9.17, 15) is 4.21 Å². The second-order valence-electron chi connectivity index (χ2n) is 5.24. The van der Waals surface area contributed by atoms with Crippen molar-refractivity contribution in [3.05, 3.63) is 35.9 Å². The lowest BCUT2D eigenvalue weighted by Crippen LogP contribution is -2.31. The van der Waals surface area contributed by atoms with Crippen LogP contribution in [0.1, 0.15) is 51.1 Å². The predicted molar refractivity (Wildman–Crippen MR) is 84.9 cm³/mol. The topological polar surface area (TPSA) is 29.1 Å². The van der Waals surface area contributed by atoms with Gasteiger partial charge in [0.25, 0.3) is 0 Å². The van der Waals surface area contributed by atoms with Gasteiger partial charge < -0.3 is 5.32 Å². The molecule has 0 amide bonds. The van der Waals surface area contributed by atoms with Gasteiger partial charge in [-0.3, -0.25) is 4.21 Å². The van der Waals surface area contributed by atoms with E-state index in [-0.39, 0.29) is 0 Å². The van der Waals surface area contributed by atoms with Crippen LogP contribution in [0.4, 0.5) is 0 Å². The minimum atomic E-state index is -0.691. The number of hydrogen-bond acceptors (Lipinski definition) is 2. The van der Waals surface area contributed by atoms with Crippen molar-refractivity contribution in [2.45, 2.75) is 51.6 Å². The summed E-state index contributed by atoms with van der Waals surface area (Å²) in [6.07, 6.45) is 6.37. The summed E-state index contributed by atoms with van der Waals surface area (Å²) in [5.74, 6) is 0.781. The molecule has 1 rings (SSSR count). The van der Waals surface area contributed by atoms with Gasteiger partial charge in [-0.25, -0.2) is 0 Å². The molecular weight excluding hydrogens is 254 g/mol. The maximum atomic E-state index is 11.2. The van der Waals surface area contributed by atoms with E-state index in [1.54, 1.807) is 6.26 Å². The Hall–Kier alpha value is -0.670. The predicted octanol–water partition coefficient (Wildman–Crippen LogP) is 3.66. The number of nitrogens with one attached hydrogen (secondary N) is 1. The van der Waals surface area contributed by atoms with E-state index in [4.69, 9.17) is 0 Å². The zero-order valence-corrected chi connectivity index (χ0v) is 13.2. The van der Waals surface area contributed by atoms with Crippen LogP contribution in [0, 0.1) is 0 Å². The minimum absolute atomic E-state index is 0.408. The van der Waals surface area contributed by atoms with E-state index >= 15 is 0 Å². The third-order valence-corrected chi connectivity index (χ3v) is 4.18. The zero-order chi connectivity index (χ0) is 14.1. The van der Waals surface area contributed by atoms with Gasteiger partial charge in [0.2, 0.25) is 0 Å². The van der Waals surface area contributed by atoms with Crippen molar-refractivity contribution in [1.82, 2.24) is 5.32 Å². The minimum Gasteiger partial charge on any atom is -0.307 e. The zero-order valence-electron chi connectivity index (χ0n) is 12.4. The third kappa shape index (κ3) is 6.88. The molecule has 0 saturated heterocycles. The van der Waals surface area contributed by atoms with Crippen molar-refractivity contribution in [2.75, 3.05) is 12.0 Å². The summed E-state index contributed by atoms with van der Waals surface area (Å²) in [4.78, 5) is 0. The molecule has 0 aliphatic rings. The molecule has 2 nitrogen and oxygen atoms in total. The molecule has 1 N–H and O–H groups in total. The number of benzene rings is 1. The Morgan fingerprint density at radius 2 is 1.89 bits per heavy atom. The first kappa shape index (κ1) is 16.4.